The number of piperidine rings is 1. The van der Waals surface area contributed by atoms with Crippen molar-refractivity contribution in [3.63, 3.8) is 0 Å². The van der Waals surface area contributed by atoms with Gasteiger partial charge in [-0.15, -0.1) is 0 Å². The third-order valence-corrected chi connectivity index (χ3v) is 6.68. The second kappa shape index (κ2) is 8.99. The number of benzene rings is 1. The van der Waals surface area contributed by atoms with Gasteiger partial charge in [-0.2, -0.15) is 0 Å². The highest BCUT2D eigenvalue weighted by Crippen LogP contribution is 2.26. The van der Waals surface area contributed by atoms with Gasteiger partial charge < -0.3 is 10.1 Å². The zero-order valence-electron chi connectivity index (χ0n) is 15.8. The molecule has 1 aliphatic rings. The number of halogens is 2. The summed E-state index contributed by atoms with van der Waals surface area (Å²) in [5.74, 6) is 0.0476. The normalized spacial score (nSPS) is 16.9. The van der Waals surface area contributed by atoms with Gasteiger partial charge in [-0.05, 0) is 63.3 Å². The molecule has 6 nitrogen and oxygen atoms in total. The molecule has 0 radical (unpaired) electrons. The molecule has 0 saturated carbocycles. The minimum absolute atomic E-state index is 0.173. The Hall–Kier alpha value is -1.02. The van der Waals surface area contributed by atoms with E-state index in [0.717, 1.165) is 0 Å². The van der Waals surface area contributed by atoms with Crippen molar-refractivity contribution in [2.45, 2.75) is 45.0 Å². The van der Waals surface area contributed by atoms with E-state index < -0.39 is 21.7 Å². The monoisotopic (exact) mass is 436 g/mol. The molecule has 9 heteroatoms. The average molecular weight is 437 g/mol. The van der Waals surface area contributed by atoms with Crippen molar-refractivity contribution in [3.8, 4) is 0 Å². The zero-order chi connectivity index (χ0) is 20.2. The van der Waals surface area contributed by atoms with E-state index in [9.17, 15) is 13.2 Å². The van der Waals surface area contributed by atoms with Crippen LogP contribution in [0.4, 0.5) is 4.79 Å². The van der Waals surface area contributed by atoms with Gasteiger partial charge in [0, 0.05) is 29.7 Å². The van der Waals surface area contributed by atoms with E-state index in [1.165, 1.54) is 4.31 Å². The molecule has 1 heterocycles. The Labute approximate surface area is 171 Å². The fourth-order valence-corrected chi connectivity index (χ4v) is 4.92. The number of carbonyl (C=O) groups excluding carboxylic acids is 1. The summed E-state index contributed by atoms with van der Waals surface area (Å²) in [6.07, 6.45) is 0.907. The molecular formula is C18H26Cl2N2O4S. The first-order valence-corrected chi connectivity index (χ1v) is 11.2. The molecule has 1 aromatic carbocycles. The smallest absolute Gasteiger partial charge is 0.407 e. The van der Waals surface area contributed by atoms with E-state index >= 15 is 0 Å². The first kappa shape index (κ1) is 22.3. The summed E-state index contributed by atoms with van der Waals surface area (Å²) >= 11 is 12.0. The number of ether oxygens (including phenoxy) is 1. The Kier molecular flexibility index (Phi) is 7.41. The molecule has 0 spiro atoms. The number of hydrogen-bond acceptors (Lipinski definition) is 4. The maximum Gasteiger partial charge on any atom is 0.407 e. The van der Waals surface area contributed by atoms with Crippen LogP contribution in [-0.4, -0.2) is 44.1 Å². The lowest BCUT2D eigenvalue weighted by molar-refractivity contribution is 0.0513. The predicted molar refractivity (Wildman–Crippen MR) is 108 cm³/mol. The lowest BCUT2D eigenvalue weighted by Crippen LogP contribution is -2.42. The van der Waals surface area contributed by atoms with Crippen molar-refractivity contribution in [3.05, 3.63) is 33.8 Å². The zero-order valence-corrected chi connectivity index (χ0v) is 18.1. The lowest BCUT2D eigenvalue weighted by atomic mass is 9.98. The molecule has 1 fully saturated rings. The molecule has 2 rings (SSSR count). The van der Waals surface area contributed by atoms with E-state index in [-0.39, 0.29) is 11.7 Å². The van der Waals surface area contributed by atoms with Crippen LogP contribution in [-0.2, 0) is 20.5 Å². The third kappa shape index (κ3) is 7.14. The minimum atomic E-state index is -3.48. The molecule has 152 valence electrons. The van der Waals surface area contributed by atoms with Crippen LogP contribution in [0.25, 0.3) is 0 Å². The van der Waals surface area contributed by atoms with E-state index in [2.05, 4.69) is 5.32 Å². The lowest BCUT2D eigenvalue weighted by Gasteiger charge is -2.31. The highest BCUT2D eigenvalue weighted by atomic mass is 35.5. The van der Waals surface area contributed by atoms with Gasteiger partial charge >= 0.3 is 6.09 Å². The number of hydrogen-bond donors (Lipinski definition) is 1. The first-order valence-electron chi connectivity index (χ1n) is 8.85. The van der Waals surface area contributed by atoms with Crippen LogP contribution in [0.2, 0.25) is 10.0 Å². The van der Waals surface area contributed by atoms with E-state index in [4.69, 9.17) is 27.9 Å². The van der Waals surface area contributed by atoms with Crippen LogP contribution < -0.4 is 5.32 Å². The Morgan fingerprint density at radius 3 is 2.48 bits per heavy atom. The molecule has 1 aliphatic heterocycles. The molecule has 1 amide bonds. The molecule has 0 unspecified atom stereocenters. The number of sulfonamides is 1. The van der Waals surface area contributed by atoms with Gasteiger partial charge in [0.05, 0.1) is 5.75 Å². The molecule has 1 N–H and O–H groups in total. The standard InChI is InChI=1S/C18H26Cl2N2O4S/c1-18(2,3)26-17(23)21-11-13-6-8-22(9-7-13)27(24,25)12-14-10-15(19)4-5-16(14)20/h4-5,10,13H,6-9,11-12H2,1-3H3,(H,21,23). The topological polar surface area (TPSA) is 75.7 Å². The Balaban J connectivity index is 1.85. The number of carbonyl (C=O) groups is 1. The van der Waals surface area contributed by atoms with Crippen LogP contribution in [0.5, 0.6) is 0 Å². The fourth-order valence-electron chi connectivity index (χ4n) is 2.88. The number of rotatable bonds is 5. The van der Waals surface area contributed by atoms with E-state index in [1.807, 2.05) is 20.8 Å². The highest BCUT2D eigenvalue weighted by Gasteiger charge is 2.29. The maximum atomic E-state index is 12.7. The second-order valence-electron chi connectivity index (χ2n) is 7.72. The molecule has 27 heavy (non-hydrogen) atoms. The molecule has 0 aliphatic carbocycles. The predicted octanol–water partition coefficient (Wildman–Crippen LogP) is 4.06. The van der Waals surface area contributed by atoms with Crippen LogP contribution in [0.15, 0.2) is 18.2 Å². The molecule has 1 saturated heterocycles. The van der Waals surface area contributed by atoms with Gasteiger partial charge in [0.2, 0.25) is 10.0 Å². The van der Waals surface area contributed by atoms with Crippen LogP contribution >= 0.6 is 23.2 Å². The molecule has 0 aromatic heterocycles. The van der Waals surface area contributed by atoms with Gasteiger partial charge in [0.25, 0.3) is 0 Å². The molecule has 1 aromatic rings. The average Bonchev–Trinajstić information content (AvgIpc) is 2.55. The van der Waals surface area contributed by atoms with Crippen molar-refractivity contribution in [2.24, 2.45) is 5.92 Å². The summed E-state index contributed by atoms with van der Waals surface area (Å²) in [6, 6.07) is 4.81. The van der Waals surface area contributed by atoms with Gasteiger partial charge in [0.15, 0.2) is 0 Å². The van der Waals surface area contributed by atoms with Crippen LogP contribution in [0.3, 0.4) is 0 Å². The Bertz CT molecular complexity index is 770. The highest BCUT2D eigenvalue weighted by molar-refractivity contribution is 7.88. The number of alkyl carbamates (subject to hydrolysis) is 1. The third-order valence-electron chi connectivity index (χ3n) is 4.25. The van der Waals surface area contributed by atoms with Crippen LogP contribution in [0, 0.1) is 5.92 Å². The van der Waals surface area contributed by atoms with E-state index in [1.54, 1.807) is 18.2 Å². The summed E-state index contributed by atoms with van der Waals surface area (Å²) < 4.78 is 32.1. The Morgan fingerprint density at radius 2 is 1.89 bits per heavy atom. The van der Waals surface area contributed by atoms with Gasteiger partial charge in [-0.25, -0.2) is 17.5 Å². The van der Waals surface area contributed by atoms with Crippen molar-refractivity contribution >= 4 is 39.3 Å². The quantitative estimate of drug-likeness (QED) is 0.754. The van der Waals surface area contributed by atoms with Crippen molar-refractivity contribution in [1.82, 2.24) is 9.62 Å². The minimum Gasteiger partial charge on any atom is -0.444 e. The summed E-state index contributed by atoms with van der Waals surface area (Å²) in [5, 5.41) is 3.60. The molecule has 0 bridgehead atoms. The SMILES string of the molecule is CC(C)(C)OC(=O)NCC1CCN(S(=O)(=O)Cc2cc(Cl)ccc2Cl)CC1. The number of amides is 1. The van der Waals surface area contributed by atoms with Crippen molar-refractivity contribution in [1.29, 1.82) is 0 Å². The number of nitrogens with zero attached hydrogens (tertiary/aromatic N) is 1. The van der Waals surface area contributed by atoms with Crippen molar-refractivity contribution < 1.29 is 17.9 Å². The summed E-state index contributed by atoms with van der Waals surface area (Å²) in [7, 11) is -3.48. The van der Waals surface area contributed by atoms with Gasteiger partial charge in [-0.1, -0.05) is 23.2 Å². The van der Waals surface area contributed by atoms with Gasteiger partial charge in [-0.3, -0.25) is 0 Å². The molecular weight excluding hydrogens is 411 g/mol. The second-order valence-corrected chi connectivity index (χ2v) is 10.5. The van der Waals surface area contributed by atoms with Crippen LogP contribution in [0.1, 0.15) is 39.2 Å². The Morgan fingerprint density at radius 1 is 1.26 bits per heavy atom. The molecule has 0 atom stereocenters. The summed E-state index contributed by atoms with van der Waals surface area (Å²) in [6.45, 7) is 6.73. The first-order chi connectivity index (χ1) is 12.5. The summed E-state index contributed by atoms with van der Waals surface area (Å²) in [5.41, 5.74) is -0.0405. The van der Waals surface area contributed by atoms with E-state index in [0.29, 0.717) is 48.1 Å². The summed E-state index contributed by atoms with van der Waals surface area (Å²) in [4.78, 5) is 11.7. The largest absolute Gasteiger partial charge is 0.444 e. The fraction of sp³-hybridized carbons (Fsp3) is 0.611. The van der Waals surface area contributed by atoms with Gasteiger partial charge in [0.1, 0.15) is 5.60 Å². The maximum absolute atomic E-state index is 12.7. The van der Waals surface area contributed by atoms with Crippen molar-refractivity contribution in [2.75, 3.05) is 19.6 Å². The number of nitrogens with one attached hydrogen (secondary N) is 1.